The van der Waals surface area contributed by atoms with E-state index in [-0.39, 0.29) is 11.7 Å². The minimum absolute atomic E-state index is 0.0326. The standard InChI is InChI=1S/C18H20N4O/c1-20-16-8-5-10-19-17(16)22(18(20)23)15-9-11-21(13-15)12-14-6-3-2-4-7-14/h2-8,10,15H,9,11-13H2,1H3/t15-/m1/s1. The minimum Gasteiger partial charge on any atom is -0.297 e. The third kappa shape index (κ3) is 2.47. The highest BCUT2D eigenvalue weighted by molar-refractivity contribution is 5.71. The van der Waals surface area contributed by atoms with Gasteiger partial charge in [-0.15, -0.1) is 0 Å². The summed E-state index contributed by atoms with van der Waals surface area (Å²) in [7, 11) is 1.82. The second kappa shape index (κ2) is 5.66. The van der Waals surface area contributed by atoms with Crippen molar-refractivity contribution in [1.29, 1.82) is 0 Å². The summed E-state index contributed by atoms with van der Waals surface area (Å²) in [6.45, 7) is 2.84. The van der Waals surface area contributed by atoms with Gasteiger partial charge in [-0.3, -0.25) is 14.0 Å². The summed E-state index contributed by atoms with van der Waals surface area (Å²) in [5.74, 6) is 0. The predicted octanol–water partition coefficient (Wildman–Crippen LogP) is 2.18. The average molecular weight is 308 g/mol. The molecule has 0 radical (unpaired) electrons. The minimum atomic E-state index is 0.0326. The maximum absolute atomic E-state index is 12.6. The van der Waals surface area contributed by atoms with Crippen molar-refractivity contribution >= 4 is 11.2 Å². The predicted molar refractivity (Wildman–Crippen MR) is 90.3 cm³/mol. The molecule has 0 N–H and O–H groups in total. The van der Waals surface area contributed by atoms with Crippen LogP contribution in [0.4, 0.5) is 0 Å². The van der Waals surface area contributed by atoms with Crippen LogP contribution in [0.15, 0.2) is 53.5 Å². The molecule has 23 heavy (non-hydrogen) atoms. The molecule has 1 aliphatic rings. The third-order valence-corrected chi connectivity index (χ3v) is 4.71. The Morgan fingerprint density at radius 1 is 1.17 bits per heavy atom. The topological polar surface area (TPSA) is 43.1 Å². The molecule has 5 nitrogen and oxygen atoms in total. The highest BCUT2D eigenvalue weighted by Gasteiger charge is 2.27. The number of aromatic nitrogens is 3. The van der Waals surface area contributed by atoms with E-state index in [0.29, 0.717) is 0 Å². The van der Waals surface area contributed by atoms with Crippen LogP contribution >= 0.6 is 0 Å². The van der Waals surface area contributed by atoms with Crippen LogP contribution in [0.2, 0.25) is 0 Å². The first kappa shape index (κ1) is 14.2. The summed E-state index contributed by atoms with van der Waals surface area (Å²) in [5.41, 5.74) is 3.05. The van der Waals surface area contributed by atoms with E-state index in [1.165, 1.54) is 5.56 Å². The number of benzene rings is 1. The first-order valence-corrected chi connectivity index (χ1v) is 8.02. The highest BCUT2D eigenvalue weighted by atomic mass is 16.1. The molecular weight excluding hydrogens is 288 g/mol. The molecule has 0 aliphatic carbocycles. The van der Waals surface area contributed by atoms with Crippen LogP contribution in [0.25, 0.3) is 11.2 Å². The van der Waals surface area contributed by atoms with E-state index in [1.54, 1.807) is 10.8 Å². The van der Waals surface area contributed by atoms with Crippen molar-refractivity contribution < 1.29 is 0 Å². The second-order valence-electron chi connectivity index (χ2n) is 6.22. The molecule has 0 saturated carbocycles. The number of aryl methyl sites for hydroxylation is 1. The van der Waals surface area contributed by atoms with E-state index < -0.39 is 0 Å². The molecule has 4 rings (SSSR count). The lowest BCUT2D eigenvalue weighted by atomic mass is 10.2. The molecular formula is C18H20N4O. The van der Waals surface area contributed by atoms with Gasteiger partial charge in [0.2, 0.25) is 0 Å². The molecule has 3 heterocycles. The van der Waals surface area contributed by atoms with Gasteiger partial charge in [0, 0.05) is 32.9 Å². The van der Waals surface area contributed by atoms with Crippen molar-refractivity contribution in [3.8, 4) is 0 Å². The van der Waals surface area contributed by atoms with Crippen LogP contribution < -0.4 is 5.69 Å². The van der Waals surface area contributed by atoms with E-state index in [4.69, 9.17) is 0 Å². The molecule has 118 valence electrons. The van der Waals surface area contributed by atoms with Gasteiger partial charge in [0.05, 0.1) is 11.6 Å². The van der Waals surface area contributed by atoms with Gasteiger partial charge in [-0.2, -0.15) is 0 Å². The Hall–Kier alpha value is -2.40. The molecule has 1 fully saturated rings. The second-order valence-corrected chi connectivity index (χ2v) is 6.22. The molecule has 2 aromatic heterocycles. The number of rotatable bonds is 3. The molecule has 1 aliphatic heterocycles. The number of hydrogen-bond acceptors (Lipinski definition) is 3. The SMILES string of the molecule is Cn1c(=O)n([C@@H]2CCN(Cc3ccccc3)C2)c2ncccc21. The van der Waals surface area contributed by atoms with Gasteiger partial charge in [-0.1, -0.05) is 30.3 Å². The van der Waals surface area contributed by atoms with Gasteiger partial charge in [0.25, 0.3) is 0 Å². The summed E-state index contributed by atoms with van der Waals surface area (Å²) in [5, 5.41) is 0. The number of pyridine rings is 1. The van der Waals surface area contributed by atoms with Crippen molar-refractivity contribution in [1.82, 2.24) is 19.0 Å². The van der Waals surface area contributed by atoms with E-state index in [0.717, 1.165) is 37.2 Å². The molecule has 0 amide bonds. The molecule has 3 aromatic rings. The van der Waals surface area contributed by atoms with Crippen molar-refractivity contribution in [2.24, 2.45) is 7.05 Å². The van der Waals surface area contributed by atoms with Crippen LogP contribution in [0.5, 0.6) is 0 Å². The van der Waals surface area contributed by atoms with Gasteiger partial charge < -0.3 is 0 Å². The Morgan fingerprint density at radius 2 is 2.00 bits per heavy atom. The number of fused-ring (bicyclic) bond motifs is 1. The Labute approximate surface area is 134 Å². The fourth-order valence-corrected chi connectivity index (χ4v) is 3.53. The van der Waals surface area contributed by atoms with Gasteiger partial charge in [-0.05, 0) is 24.1 Å². The zero-order chi connectivity index (χ0) is 15.8. The fourth-order valence-electron chi connectivity index (χ4n) is 3.53. The number of likely N-dealkylation sites (tertiary alicyclic amines) is 1. The van der Waals surface area contributed by atoms with E-state index >= 15 is 0 Å². The fraction of sp³-hybridized carbons (Fsp3) is 0.333. The maximum Gasteiger partial charge on any atom is 0.330 e. The van der Waals surface area contributed by atoms with Crippen LogP contribution in [-0.2, 0) is 13.6 Å². The van der Waals surface area contributed by atoms with Gasteiger partial charge >= 0.3 is 5.69 Å². The summed E-state index contributed by atoms with van der Waals surface area (Å²) in [4.78, 5) is 19.5. The quantitative estimate of drug-likeness (QED) is 0.745. The third-order valence-electron chi connectivity index (χ3n) is 4.71. The smallest absolute Gasteiger partial charge is 0.297 e. The van der Waals surface area contributed by atoms with Gasteiger partial charge in [-0.25, -0.2) is 9.78 Å². The Balaban J connectivity index is 1.61. The summed E-state index contributed by atoms with van der Waals surface area (Å²) in [6, 6.07) is 14.5. The Kier molecular flexibility index (Phi) is 3.50. The monoisotopic (exact) mass is 308 g/mol. The van der Waals surface area contributed by atoms with E-state index in [1.807, 2.05) is 29.8 Å². The van der Waals surface area contributed by atoms with Crippen LogP contribution in [0.1, 0.15) is 18.0 Å². The maximum atomic E-state index is 12.6. The number of hydrogen-bond donors (Lipinski definition) is 0. The summed E-state index contributed by atoms with van der Waals surface area (Å²) >= 11 is 0. The van der Waals surface area contributed by atoms with Crippen LogP contribution in [-0.4, -0.2) is 32.1 Å². The Bertz CT molecular complexity index is 881. The largest absolute Gasteiger partial charge is 0.330 e. The average Bonchev–Trinajstić information content (AvgIpc) is 3.12. The van der Waals surface area contributed by atoms with Crippen molar-refractivity contribution in [2.45, 2.75) is 19.0 Å². The molecule has 1 aromatic carbocycles. The van der Waals surface area contributed by atoms with E-state index in [9.17, 15) is 4.79 Å². The first-order chi connectivity index (χ1) is 11.2. The first-order valence-electron chi connectivity index (χ1n) is 8.02. The van der Waals surface area contributed by atoms with E-state index in [2.05, 4.69) is 34.1 Å². The highest BCUT2D eigenvalue weighted by Crippen LogP contribution is 2.24. The zero-order valence-corrected chi connectivity index (χ0v) is 13.2. The lowest BCUT2D eigenvalue weighted by Crippen LogP contribution is -2.28. The van der Waals surface area contributed by atoms with Gasteiger partial charge in [0.1, 0.15) is 0 Å². The van der Waals surface area contributed by atoms with Crippen LogP contribution in [0, 0.1) is 0 Å². The van der Waals surface area contributed by atoms with Crippen molar-refractivity contribution in [3.63, 3.8) is 0 Å². The number of nitrogens with zero attached hydrogens (tertiary/aromatic N) is 4. The van der Waals surface area contributed by atoms with Gasteiger partial charge in [0.15, 0.2) is 5.65 Å². The van der Waals surface area contributed by atoms with Crippen molar-refractivity contribution in [2.75, 3.05) is 13.1 Å². The molecule has 0 unspecified atom stereocenters. The molecule has 0 bridgehead atoms. The number of imidazole rings is 1. The molecule has 0 spiro atoms. The molecule has 1 atom stereocenters. The zero-order valence-electron chi connectivity index (χ0n) is 13.2. The van der Waals surface area contributed by atoms with Crippen LogP contribution in [0.3, 0.4) is 0 Å². The Morgan fingerprint density at radius 3 is 2.83 bits per heavy atom. The van der Waals surface area contributed by atoms with Crippen molar-refractivity contribution in [3.05, 3.63) is 64.7 Å². The molecule has 1 saturated heterocycles. The summed E-state index contributed by atoms with van der Waals surface area (Å²) in [6.07, 6.45) is 2.75. The lowest BCUT2D eigenvalue weighted by Gasteiger charge is -2.16. The normalized spacial score (nSPS) is 18.7. The summed E-state index contributed by atoms with van der Waals surface area (Å²) < 4.78 is 3.57. The lowest BCUT2D eigenvalue weighted by molar-refractivity contribution is 0.316. The molecule has 5 heteroatoms.